The van der Waals surface area contributed by atoms with Gasteiger partial charge in [-0.1, -0.05) is 18.2 Å². The molecular weight excluding hydrogens is 250 g/mol. The standard InChI is InChI=1S/C13H15NO5/c15-12(16)13(5-7-19-8-6-13)9-10-3-1-2-4-11(10)14(17)18/h1-4H,5-9H2,(H,15,16). The van der Waals surface area contributed by atoms with Gasteiger partial charge >= 0.3 is 5.97 Å². The van der Waals surface area contributed by atoms with Gasteiger partial charge in [-0.25, -0.2) is 0 Å². The first kappa shape index (κ1) is 13.5. The fraction of sp³-hybridized carbons (Fsp3) is 0.462. The molecule has 6 nitrogen and oxygen atoms in total. The summed E-state index contributed by atoms with van der Waals surface area (Å²) in [6.45, 7) is 0.764. The molecule has 0 spiro atoms. The number of para-hydroxylation sites is 1. The number of nitro benzene ring substituents is 1. The predicted molar refractivity (Wildman–Crippen MR) is 66.9 cm³/mol. The summed E-state index contributed by atoms with van der Waals surface area (Å²) in [5.41, 5.74) is -0.504. The second kappa shape index (κ2) is 5.36. The summed E-state index contributed by atoms with van der Waals surface area (Å²) in [7, 11) is 0. The van der Waals surface area contributed by atoms with E-state index < -0.39 is 16.3 Å². The molecule has 1 aromatic rings. The summed E-state index contributed by atoms with van der Waals surface area (Å²) in [5.74, 6) is -0.908. The highest BCUT2D eigenvalue weighted by Gasteiger charge is 2.41. The second-order valence-corrected chi connectivity index (χ2v) is 4.76. The van der Waals surface area contributed by atoms with Crippen molar-refractivity contribution in [3.63, 3.8) is 0 Å². The topological polar surface area (TPSA) is 89.7 Å². The van der Waals surface area contributed by atoms with Gasteiger partial charge in [0.25, 0.3) is 5.69 Å². The number of ether oxygens (including phenoxy) is 1. The van der Waals surface area contributed by atoms with Gasteiger partial charge in [0.2, 0.25) is 0 Å². The Labute approximate surface area is 110 Å². The van der Waals surface area contributed by atoms with Crippen molar-refractivity contribution in [2.24, 2.45) is 5.41 Å². The summed E-state index contributed by atoms with van der Waals surface area (Å²) in [6, 6.07) is 6.30. The molecule has 1 saturated heterocycles. The van der Waals surface area contributed by atoms with E-state index in [2.05, 4.69) is 0 Å². The maximum atomic E-state index is 11.5. The Morgan fingerprint density at radius 1 is 1.37 bits per heavy atom. The van der Waals surface area contributed by atoms with Crippen molar-refractivity contribution in [1.29, 1.82) is 0 Å². The molecule has 1 aliphatic heterocycles. The van der Waals surface area contributed by atoms with Crippen LogP contribution in [0, 0.1) is 15.5 Å². The molecule has 1 aliphatic rings. The van der Waals surface area contributed by atoms with E-state index in [0.717, 1.165) is 0 Å². The zero-order valence-electron chi connectivity index (χ0n) is 10.4. The lowest BCUT2D eigenvalue weighted by Gasteiger charge is -2.33. The molecule has 0 saturated carbocycles. The average molecular weight is 265 g/mol. The highest BCUT2D eigenvalue weighted by atomic mass is 16.6. The molecule has 2 rings (SSSR count). The number of rotatable bonds is 4. The lowest BCUT2D eigenvalue weighted by atomic mass is 9.75. The van der Waals surface area contributed by atoms with Crippen LogP contribution in [0.4, 0.5) is 5.69 Å². The normalized spacial score (nSPS) is 17.9. The van der Waals surface area contributed by atoms with E-state index in [1.165, 1.54) is 6.07 Å². The zero-order valence-corrected chi connectivity index (χ0v) is 10.4. The predicted octanol–water partition coefficient (Wildman–Crippen LogP) is 2.02. The van der Waals surface area contributed by atoms with Crippen LogP contribution in [0.15, 0.2) is 24.3 Å². The SMILES string of the molecule is O=C(O)C1(Cc2ccccc2[N+](=O)[O-])CCOCC1. The molecule has 19 heavy (non-hydrogen) atoms. The smallest absolute Gasteiger partial charge is 0.310 e. The largest absolute Gasteiger partial charge is 0.481 e. The first-order chi connectivity index (χ1) is 9.05. The van der Waals surface area contributed by atoms with Gasteiger partial charge < -0.3 is 9.84 Å². The van der Waals surface area contributed by atoms with Crippen molar-refractivity contribution in [3.8, 4) is 0 Å². The molecule has 1 aromatic carbocycles. The van der Waals surface area contributed by atoms with Gasteiger partial charge in [0, 0.05) is 24.8 Å². The van der Waals surface area contributed by atoms with Crippen molar-refractivity contribution in [3.05, 3.63) is 39.9 Å². The van der Waals surface area contributed by atoms with Crippen LogP contribution in [0.5, 0.6) is 0 Å². The first-order valence-corrected chi connectivity index (χ1v) is 6.09. The lowest BCUT2D eigenvalue weighted by molar-refractivity contribution is -0.385. The summed E-state index contributed by atoms with van der Waals surface area (Å²) in [5, 5.41) is 20.4. The molecule has 0 radical (unpaired) electrons. The number of nitrogens with zero attached hydrogens (tertiary/aromatic N) is 1. The van der Waals surface area contributed by atoms with Gasteiger partial charge in [-0.2, -0.15) is 0 Å². The molecule has 0 aliphatic carbocycles. The van der Waals surface area contributed by atoms with Crippen LogP contribution in [0.2, 0.25) is 0 Å². The zero-order chi connectivity index (χ0) is 13.9. The Bertz CT molecular complexity index is 494. The van der Waals surface area contributed by atoms with Crippen molar-refractivity contribution < 1.29 is 19.6 Å². The quantitative estimate of drug-likeness (QED) is 0.664. The fourth-order valence-electron chi connectivity index (χ4n) is 2.43. The Morgan fingerprint density at radius 2 is 2.00 bits per heavy atom. The second-order valence-electron chi connectivity index (χ2n) is 4.76. The van der Waals surface area contributed by atoms with Crippen molar-refractivity contribution in [1.82, 2.24) is 0 Å². The van der Waals surface area contributed by atoms with Crippen molar-refractivity contribution in [2.75, 3.05) is 13.2 Å². The van der Waals surface area contributed by atoms with Gasteiger partial charge in [0.05, 0.1) is 10.3 Å². The number of aliphatic carboxylic acids is 1. The Balaban J connectivity index is 2.32. The van der Waals surface area contributed by atoms with E-state index in [0.29, 0.717) is 31.6 Å². The van der Waals surface area contributed by atoms with Crippen LogP contribution in [0.1, 0.15) is 18.4 Å². The summed E-state index contributed by atoms with van der Waals surface area (Å²) in [4.78, 5) is 22.0. The van der Waals surface area contributed by atoms with E-state index in [1.807, 2.05) is 0 Å². The Morgan fingerprint density at radius 3 is 2.58 bits per heavy atom. The number of carboxylic acids is 1. The lowest BCUT2D eigenvalue weighted by Crippen LogP contribution is -2.39. The third-order valence-corrected chi connectivity index (χ3v) is 3.62. The number of carbonyl (C=O) groups is 1. The van der Waals surface area contributed by atoms with Gasteiger partial charge in [0.15, 0.2) is 0 Å². The number of hydrogen-bond donors (Lipinski definition) is 1. The number of carboxylic acid groups (broad SMARTS) is 1. The summed E-state index contributed by atoms with van der Waals surface area (Å²) in [6.07, 6.45) is 0.936. The monoisotopic (exact) mass is 265 g/mol. The minimum atomic E-state index is -0.954. The third-order valence-electron chi connectivity index (χ3n) is 3.62. The van der Waals surface area contributed by atoms with Gasteiger partial charge in [-0.3, -0.25) is 14.9 Å². The molecule has 0 amide bonds. The van der Waals surface area contributed by atoms with Crippen LogP contribution >= 0.6 is 0 Å². The minimum Gasteiger partial charge on any atom is -0.481 e. The summed E-state index contributed by atoms with van der Waals surface area (Å²) < 4.78 is 5.19. The first-order valence-electron chi connectivity index (χ1n) is 6.09. The third kappa shape index (κ3) is 2.73. The highest BCUT2D eigenvalue weighted by molar-refractivity contribution is 5.75. The van der Waals surface area contributed by atoms with Crippen molar-refractivity contribution >= 4 is 11.7 Å². The maximum Gasteiger partial charge on any atom is 0.310 e. The molecule has 1 fully saturated rings. The molecule has 0 bridgehead atoms. The van der Waals surface area contributed by atoms with E-state index in [4.69, 9.17) is 4.74 Å². The van der Waals surface area contributed by atoms with Gasteiger partial charge in [-0.15, -0.1) is 0 Å². The van der Waals surface area contributed by atoms with Gasteiger partial charge in [0.1, 0.15) is 0 Å². The molecule has 102 valence electrons. The number of benzene rings is 1. The molecule has 6 heteroatoms. The van der Waals surface area contributed by atoms with Crippen molar-refractivity contribution in [2.45, 2.75) is 19.3 Å². The minimum absolute atomic E-state index is 0.0189. The van der Waals surface area contributed by atoms with Crippen LogP contribution in [0.3, 0.4) is 0 Å². The van der Waals surface area contributed by atoms with E-state index in [9.17, 15) is 20.0 Å². The van der Waals surface area contributed by atoms with Crippen LogP contribution in [-0.4, -0.2) is 29.2 Å². The molecule has 0 atom stereocenters. The molecule has 1 heterocycles. The Kier molecular flexibility index (Phi) is 3.80. The maximum absolute atomic E-state index is 11.5. The van der Waals surface area contributed by atoms with E-state index >= 15 is 0 Å². The highest BCUT2D eigenvalue weighted by Crippen LogP contribution is 2.36. The number of hydrogen-bond acceptors (Lipinski definition) is 4. The Hall–Kier alpha value is -1.95. The molecule has 1 N–H and O–H groups in total. The molecule has 0 aromatic heterocycles. The summed E-state index contributed by atoms with van der Waals surface area (Å²) >= 11 is 0. The van der Waals surface area contributed by atoms with E-state index in [-0.39, 0.29) is 12.1 Å². The van der Waals surface area contributed by atoms with Crippen LogP contribution in [-0.2, 0) is 16.0 Å². The van der Waals surface area contributed by atoms with Crippen LogP contribution < -0.4 is 0 Å². The molecular formula is C13H15NO5. The number of nitro groups is 1. The van der Waals surface area contributed by atoms with E-state index in [1.54, 1.807) is 18.2 Å². The average Bonchev–Trinajstić information content (AvgIpc) is 2.40. The van der Waals surface area contributed by atoms with Crippen LogP contribution in [0.25, 0.3) is 0 Å². The molecule has 0 unspecified atom stereocenters. The fourth-order valence-corrected chi connectivity index (χ4v) is 2.43. The van der Waals surface area contributed by atoms with Gasteiger partial charge in [-0.05, 0) is 19.3 Å².